The quantitative estimate of drug-likeness (QED) is 0.369. The van der Waals surface area contributed by atoms with Gasteiger partial charge in [0.1, 0.15) is 23.0 Å². The van der Waals surface area contributed by atoms with Crippen molar-refractivity contribution in [3.8, 4) is 11.5 Å². The number of halogens is 1. The third kappa shape index (κ3) is 4.76. The number of imidazole rings is 1. The van der Waals surface area contributed by atoms with Gasteiger partial charge in [0, 0.05) is 36.3 Å². The summed E-state index contributed by atoms with van der Waals surface area (Å²) in [6, 6.07) is 21.4. The van der Waals surface area contributed by atoms with Crippen LogP contribution in [0.3, 0.4) is 0 Å². The number of rotatable bonds is 5. The Balaban J connectivity index is 0.993. The molecule has 184 valence electrons. The van der Waals surface area contributed by atoms with E-state index in [1.54, 1.807) is 6.20 Å². The lowest BCUT2D eigenvalue weighted by Crippen LogP contribution is -2.62. The zero-order chi connectivity index (χ0) is 24.5. The van der Waals surface area contributed by atoms with Crippen LogP contribution in [0.1, 0.15) is 18.4 Å². The van der Waals surface area contributed by atoms with E-state index in [-0.39, 0.29) is 11.4 Å². The van der Waals surface area contributed by atoms with E-state index in [9.17, 15) is 4.79 Å². The second-order valence-electron chi connectivity index (χ2n) is 9.84. The van der Waals surface area contributed by atoms with Crippen molar-refractivity contribution in [1.29, 1.82) is 0 Å². The lowest BCUT2D eigenvalue weighted by molar-refractivity contribution is -0.0200. The van der Waals surface area contributed by atoms with Gasteiger partial charge in [0.15, 0.2) is 0 Å². The summed E-state index contributed by atoms with van der Waals surface area (Å²) in [6.45, 7) is 4.59. The van der Waals surface area contributed by atoms with E-state index in [2.05, 4.69) is 27.3 Å². The molecular weight excluding hydrogens is 474 g/mol. The largest absolute Gasteiger partial charge is 0.457 e. The van der Waals surface area contributed by atoms with Gasteiger partial charge in [0.05, 0.1) is 6.20 Å². The molecule has 2 saturated heterocycles. The molecule has 6 rings (SSSR count). The van der Waals surface area contributed by atoms with Crippen LogP contribution in [0.5, 0.6) is 11.5 Å². The summed E-state index contributed by atoms with van der Waals surface area (Å²) < 4.78 is 7.88. The molecule has 2 amide bonds. The van der Waals surface area contributed by atoms with Crippen molar-refractivity contribution in [1.82, 2.24) is 19.2 Å². The van der Waals surface area contributed by atoms with Gasteiger partial charge in [0.2, 0.25) is 0 Å². The van der Waals surface area contributed by atoms with Crippen LogP contribution < -0.4 is 10.1 Å². The number of piperidine rings is 1. The lowest BCUT2D eigenvalue weighted by atomic mass is 9.72. The van der Waals surface area contributed by atoms with Gasteiger partial charge >= 0.3 is 6.03 Å². The highest BCUT2D eigenvalue weighted by Crippen LogP contribution is 2.41. The number of aromatic nitrogens is 2. The zero-order valence-electron chi connectivity index (χ0n) is 19.9. The molecule has 8 heteroatoms. The zero-order valence-corrected chi connectivity index (χ0v) is 20.7. The molecule has 2 aliphatic heterocycles. The van der Waals surface area contributed by atoms with Crippen molar-refractivity contribution in [3.63, 3.8) is 0 Å². The normalized spacial score (nSPS) is 17.2. The predicted molar refractivity (Wildman–Crippen MR) is 141 cm³/mol. The van der Waals surface area contributed by atoms with Crippen LogP contribution in [0.25, 0.3) is 5.65 Å². The minimum atomic E-state index is -0.0498. The van der Waals surface area contributed by atoms with Crippen molar-refractivity contribution >= 4 is 29.1 Å². The second kappa shape index (κ2) is 9.48. The molecule has 0 bridgehead atoms. The number of anilines is 1. The number of amides is 2. The Morgan fingerprint density at radius 2 is 1.81 bits per heavy atom. The van der Waals surface area contributed by atoms with Gasteiger partial charge in [-0.25, -0.2) is 9.78 Å². The smallest absolute Gasteiger partial charge is 0.323 e. The Labute approximate surface area is 215 Å². The summed E-state index contributed by atoms with van der Waals surface area (Å²) in [4.78, 5) is 21.5. The van der Waals surface area contributed by atoms with Crippen LogP contribution >= 0.6 is 11.6 Å². The third-order valence-corrected chi connectivity index (χ3v) is 7.51. The van der Waals surface area contributed by atoms with E-state index in [1.807, 2.05) is 70.1 Å². The Morgan fingerprint density at radius 3 is 2.61 bits per heavy atom. The Kier molecular flexibility index (Phi) is 6.03. The third-order valence-electron chi connectivity index (χ3n) is 7.26. The summed E-state index contributed by atoms with van der Waals surface area (Å²) in [5.41, 5.74) is 2.30. The van der Waals surface area contributed by atoms with Crippen LogP contribution in [0, 0.1) is 5.41 Å². The molecule has 2 aromatic carbocycles. The van der Waals surface area contributed by atoms with E-state index in [0.29, 0.717) is 10.8 Å². The molecule has 1 spiro atoms. The highest BCUT2D eigenvalue weighted by molar-refractivity contribution is 6.30. The molecule has 7 nitrogen and oxygen atoms in total. The molecule has 36 heavy (non-hydrogen) atoms. The first-order valence-corrected chi connectivity index (χ1v) is 12.7. The molecule has 4 heterocycles. The number of fused-ring (bicyclic) bond motifs is 1. The minimum absolute atomic E-state index is 0.0498. The Morgan fingerprint density at radius 1 is 1.00 bits per heavy atom. The first-order chi connectivity index (χ1) is 17.6. The SMILES string of the molecule is O=C(Nc1cnc2ccccn12)N1CC2(CCN(Cc3cccc(Oc4ccc(Cl)cc4)c3)CC2)C1. The van der Waals surface area contributed by atoms with E-state index in [0.717, 1.165) is 62.7 Å². The van der Waals surface area contributed by atoms with Crippen molar-refractivity contribution < 1.29 is 9.53 Å². The van der Waals surface area contributed by atoms with Crippen LogP contribution in [-0.4, -0.2) is 51.4 Å². The molecule has 0 aliphatic carbocycles. The number of ether oxygens (including phenoxy) is 1. The first kappa shape index (κ1) is 22.9. The van der Waals surface area contributed by atoms with E-state index >= 15 is 0 Å². The minimum Gasteiger partial charge on any atom is -0.457 e. The van der Waals surface area contributed by atoms with Gasteiger partial charge in [-0.3, -0.25) is 14.6 Å². The van der Waals surface area contributed by atoms with Gasteiger partial charge in [-0.2, -0.15) is 0 Å². The number of nitrogens with one attached hydrogen (secondary N) is 1. The van der Waals surface area contributed by atoms with Crippen LogP contribution in [0.15, 0.2) is 79.1 Å². The molecule has 2 aliphatic rings. The monoisotopic (exact) mass is 501 g/mol. The molecule has 0 radical (unpaired) electrons. The second-order valence-corrected chi connectivity index (χ2v) is 10.3. The standard InChI is InChI=1S/C28H28ClN5O2/c29-22-7-9-23(10-8-22)36-24-5-3-4-21(16-24)18-32-14-11-28(12-15-32)19-33(20-28)27(35)31-26-17-30-25-6-1-2-13-34(25)26/h1-10,13,16-17H,11-12,14-15,18-20H2,(H,31,35). The van der Waals surface area contributed by atoms with Crippen LogP contribution in [0.4, 0.5) is 10.6 Å². The molecule has 4 aromatic rings. The summed E-state index contributed by atoms with van der Waals surface area (Å²) in [7, 11) is 0. The van der Waals surface area contributed by atoms with Gasteiger partial charge in [0.25, 0.3) is 0 Å². The fourth-order valence-corrected chi connectivity index (χ4v) is 5.35. The average Bonchev–Trinajstić information content (AvgIpc) is 3.27. The number of carbonyl (C=O) groups excluding carboxylic acids is 1. The number of hydrogen-bond donors (Lipinski definition) is 1. The summed E-state index contributed by atoms with van der Waals surface area (Å²) in [5.74, 6) is 2.31. The van der Waals surface area contributed by atoms with Gasteiger partial charge in [-0.05, 0) is 80.0 Å². The van der Waals surface area contributed by atoms with Gasteiger partial charge in [-0.1, -0.05) is 29.8 Å². The maximum Gasteiger partial charge on any atom is 0.323 e. The highest BCUT2D eigenvalue weighted by atomic mass is 35.5. The van der Waals surface area contributed by atoms with Gasteiger partial charge in [-0.15, -0.1) is 0 Å². The van der Waals surface area contributed by atoms with E-state index in [4.69, 9.17) is 16.3 Å². The number of nitrogens with zero attached hydrogens (tertiary/aromatic N) is 4. The van der Waals surface area contributed by atoms with E-state index in [1.165, 1.54) is 5.56 Å². The number of likely N-dealkylation sites (tertiary alicyclic amines) is 2. The van der Waals surface area contributed by atoms with E-state index < -0.39 is 0 Å². The number of carbonyl (C=O) groups is 1. The first-order valence-electron chi connectivity index (χ1n) is 12.3. The molecule has 2 aromatic heterocycles. The molecular formula is C28H28ClN5O2. The average molecular weight is 502 g/mol. The van der Waals surface area contributed by atoms with Gasteiger partial charge < -0.3 is 9.64 Å². The molecule has 2 fully saturated rings. The van der Waals surface area contributed by atoms with Crippen molar-refractivity contribution in [2.45, 2.75) is 19.4 Å². The highest BCUT2D eigenvalue weighted by Gasteiger charge is 2.46. The Bertz CT molecular complexity index is 1370. The molecule has 1 N–H and O–H groups in total. The maximum absolute atomic E-state index is 12.8. The molecule has 0 atom stereocenters. The summed E-state index contributed by atoms with van der Waals surface area (Å²) >= 11 is 5.97. The number of urea groups is 1. The molecule has 0 unspecified atom stereocenters. The maximum atomic E-state index is 12.8. The van der Waals surface area contributed by atoms with Crippen LogP contribution in [0.2, 0.25) is 5.02 Å². The lowest BCUT2D eigenvalue weighted by Gasteiger charge is -2.53. The van der Waals surface area contributed by atoms with Crippen molar-refractivity contribution in [3.05, 3.63) is 89.7 Å². The topological polar surface area (TPSA) is 62.1 Å². The fourth-order valence-electron chi connectivity index (χ4n) is 5.23. The Hall–Kier alpha value is -3.55. The summed E-state index contributed by atoms with van der Waals surface area (Å²) in [6.07, 6.45) is 5.82. The van der Waals surface area contributed by atoms with Crippen molar-refractivity contribution in [2.75, 3.05) is 31.5 Å². The molecule has 0 saturated carbocycles. The fraction of sp³-hybridized carbons (Fsp3) is 0.286. The summed E-state index contributed by atoms with van der Waals surface area (Å²) in [5, 5.41) is 3.71. The van der Waals surface area contributed by atoms with Crippen molar-refractivity contribution in [2.24, 2.45) is 5.41 Å². The number of pyridine rings is 1. The number of benzene rings is 2. The predicted octanol–water partition coefficient (Wildman–Crippen LogP) is 5.91. The number of hydrogen-bond acceptors (Lipinski definition) is 4. The van der Waals surface area contributed by atoms with Crippen LogP contribution in [-0.2, 0) is 6.54 Å².